The Balaban J connectivity index is 0.00000243. The Labute approximate surface area is 176 Å². The Bertz CT molecular complexity index is 623. The van der Waals surface area contributed by atoms with Crippen LogP contribution in [-0.2, 0) is 4.74 Å². The van der Waals surface area contributed by atoms with Crippen LogP contribution in [0.2, 0.25) is 5.02 Å². The molecule has 1 aliphatic heterocycles. The Hall–Kier alpha value is -0.640. The van der Waals surface area contributed by atoms with Crippen LogP contribution in [-0.4, -0.2) is 61.2 Å². The van der Waals surface area contributed by atoms with Crippen LogP contribution < -0.4 is 5.73 Å². The molecule has 0 spiro atoms. The summed E-state index contributed by atoms with van der Waals surface area (Å²) in [5.41, 5.74) is 6.61. The minimum atomic E-state index is -0.305. The Morgan fingerprint density at radius 1 is 1.50 bits per heavy atom. The fourth-order valence-electron chi connectivity index (χ4n) is 3.29. The minimum absolute atomic E-state index is 0. The number of guanidine groups is 1. The summed E-state index contributed by atoms with van der Waals surface area (Å²) in [6, 6.07) is 5.02. The Morgan fingerprint density at radius 3 is 2.85 bits per heavy atom. The standard InChI is InChI=1S/C18H26ClFN4O.HI/c1-12-11-24(8-9-25-12)16(17-14(19)4-3-5-15(17)20)10-22-18(21)23(2)13-6-7-13;/h3-5,12-13,16H,6-11H2,1-2H3,(H2,21,22);1H. The van der Waals surface area contributed by atoms with E-state index in [-0.39, 0.29) is 41.9 Å². The molecule has 1 aliphatic carbocycles. The molecule has 1 saturated heterocycles. The molecule has 0 radical (unpaired) electrons. The molecule has 2 aliphatic rings. The molecule has 2 unspecified atom stereocenters. The number of hydrogen-bond donors (Lipinski definition) is 1. The minimum Gasteiger partial charge on any atom is -0.376 e. The Morgan fingerprint density at radius 2 is 2.23 bits per heavy atom. The molecule has 2 atom stereocenters. The molecule has 1 heterocycles. The third-order valence-corrected chi connectivity index (χ3v) is 5.26. The van der Waals surface area contributed by atoms with Crippen LogP contribution in [0.5, 0.6) is 0 Å². The van der Waals surface area contributed by atoms with Crippen LogP contribution in [0.4, 0.5) is 4.39 Å². The van der Waals surface area contributed by atoms with Crippen molar-refractivity contribution in [1.29, 1.82) is 0 Å². The summed E-state index contributed by atoms with van der Waals surface area (Å²) in [5.74, 6) is 0.197. The zero-order chi connectivity index (χ0) is 18.0. The van der Waals surface area contributed by atoms with Crippen LogP contribution in [0.15, 0.2) is 23.2 Å². The van der Waals surface area contributed by atoms with Gasteiger partial charge in [-0.2, -0.15) is 0 Å². The highest BCUT2D eigenvalue weighted by Crippen LogP contribution is 2.32. The molecular formula is C18H27ClFIN4O. The maximum atomic E-state index is 14.5. The van der Waals surface area contributed by atoms with Crippen molar-refractivity contribution in [2.45, 2.75) is 38.0 Å². The second-order valence-corrected chi connectivity index (χ2v) is 7.28. The van der Waals surface area contributed by atoms with E-state index in [9.17, 15) is 4.39 Å². The summed E-state index contributed by atoms with van der Waals surface area (Å²) in [6.45, 7) is 4.43. The van der Waals surface area contributed by atoms with Crippen LogP contribution in [0.3, 0.4) is 0 Å². The molecule has 0 aromatic heterocycles. The van der Waals surface area contributed by atoms with Gasteiger partial charge < -0.3 is 15.4 Å². The van der Waals surface area contributed by atoms with E-state index in [4.69, 9.17) is 22.1 Å². The van der Waals surface area contributed by atoms with E-state index in [1.54, 1.807) is 12.1 Å². The van der Waals surface area contributed by atoms with Gasteiger partial charge in [0, 0.05) is 36.8 Å². The average molecular weight is 497 g/mol. The van der Waals surface area contributed by atoms with Gasteiger partial charge in [-0.15, -0.1) is 24.0 Å². The molecular weight excluding hydrogens is 470 g/mol. The monoisotopic (exact) mass is 496 g/mol. The summed E-state index contributed by atoms with van der Waals surface area (Å²) in [7, 11) is 1.96. The predicted molar refractivity (Wildman–Crippen MR) is 114 cm³/mol. The van der Waals surface area contributed by atoms with Crippen molar-refractivity contribution in [2.24, 2.45) is 10.7 Å². The van der Waals surface area contributed by atoms with Crippen LogP contribution >= 0.6 is 35.6 Å². The summed E-state index contributed by atoms with van der Waals surface area (Å²) < 4.78 is 20.2. The number of aliphatic imine (C=N–C) groups is 1. The number of nitrogens with two attached hydrogens (primary N) is 1. The molecule has 3 rings (SSSR count). The van der Waals surface area contributed by atoms with Crippen LogP contribution in [0.1, 0.15) is 31.4 Å². The molecule has 8 heteroatoms. The number of rotatable bonds is 5. The molecule has 2 N–H and O–H groups in total. The van der Waals surface area contributed by atoms with E-state index in [1.165, 1.54) is 6.07 Å². The van der Waals surface area contributed by atoms with Gasteiger partial charge in [0.25, 0.3) is 0 Å². The maximum absolute atomic E-state index is 14.5. The quantitative estimate of drug-likeness (QED) is 0.386. The lowest BCUT2D eigenvalue weighted by molar-refractivity contribution is -0.0337. The Kier molecular flexibility index (Phi) is 7.93. The van der Waals surface area contributed by atoms with Gasteiger partial charge >= 0.3 is 0 Å². The molecule has 2 fully saturated rings. The van der Waals surface area contributed by atoms with Crippen LogP contribution in [0, 0.1) is 5.82 Å². The van der Waals surface area contributed by atoms with Crippen molar-refractivity contribution in [1.82, 2.24) is 9.80 Å². The van der Waals surface area contributed by atoms with E-state index in [0.29, 0.717) is 48.8 Å². The molecule has 1 aromatic carbocycles. The largest absolute Gasteiger partial charge is 0.376 e. The number of nitrogens with zero attached hydrogens (tertiary/aromatic N) is 3. The smallest absolute Gasteiger partial charge is 0.191 e. The summed E-state index contributed by atoms with van der Waals surface area (Å²) in [6.07, 6.45) is 2.39. The van der Waals surface area contributed by atoms with E-state index in [1.807, 2.05) is 18.9 Å². The van der Waals surface area contributed by atoms with E-state index < -0.39 is 0 Å². The van der Waals surface area contributed by atoms with Gasteiger partial charge in [0.15, 0.2) is 5.96 Å². The molecule has 0 bridgehead atoms. The molecule has 1 aromatic rings. The van der Waals surface area contributed by atoms with Crippen LogP contribution in [0.25, 0.3) is 0 Å². The predicted octanol–water partition coefficient (Wildman–Crippen LogP) is 3.27. The first-order chi connectivity index (χ1) is 12.0. The number of morpholine rings is 1. The summed E-state index contributed by atoms with van der Waals surface area (Å²) >= 11 is 6.33. The third kappa shape index (κ3) is 5.21. The summed E-state index contributed by atoms with van der Waals surface area (Å²) in [4.78, 5) is 8.75. The van der Waals surface area contributed by atoms with Crippen molar-refractivity contribution in [2.75, 3.05) is 33.3 Å². The highest BCUT2D eigenvalue weighted by molar-refractivity contribution is 14.0. The fraction of sp³-hybridized carbons (Fsp3) is 0.611. The van der Waals surface area contributed by atoms with E-state index in [2.05, 4.69) is 9.89 Å². The molecule has 146 valence electrons. The average Bonchev–Trinajstić information content (AvgIpc) is 3.41. The zero-order valence-electron chi connectivity index (χ0n) is 15.2. The van der Waals surface area contributed by atoms with Gasteiger partial charge in [0.2, 0.25) is 0 Å². The second-order valence-electron chi connectivity index (χ2n) is 6.87. The van der Waals surface area contributed by atoms with Gasteiger partial charge in [-0.05, 0) is 31.9 Å². The van der Waals surface area contributed by atoms with Crippen molar-refractivity contribution in [3.05, 3.63) is 34.6 Å². The van der Waals surface area contributed by atoms with Crippen molar-refractivity contribution in [3.63, 3.8) is 0 Å². The van der Waals surface area contributed by atoms with Gasteiger partial charge in [-0.3, -0.25) is 9.89 Å². The van der Waals surface area contributed by atoms with Gasteiger partial charge in [-0.1, -0.05) is 17.7 Å². The number of halogens is 3. The lowest BCUT2D eigenvalue weighted by atomic mass is 10.0. The van der Waals surface area contributed by atoms with E-state index >= 15 is 0 Å². The first-order valence-electron chi connectivity index (χ1n) is 8.79. The SMILES string of the molecule is CC1CN(C(CN=C(N)N(C)C2CC2)c2c(F)cccc2Cl)CCO1.I. The third-order valence-electron chi connectivity index (χ3n) is 4.93. The first-order valence-corrected chi connectivity index (χ1v) is 9.17. The van der Waals surface area contributed by atoms with E-state index in [0.717, 1.165) is 12.8 Å². The van der Waals surface area contributed by atoms with Crippen molar-refractivity contribution >= 4 is 41.5 Å². The maximum Gasteiger partial charge on any atom is 0.191 e. The molecule has 1 saturated carbocycles. The number of hydrogen-bond acceptors (Lipinski definition) is 3. The van der Waals surface area contributed by atoms with Crippen molar-refractivity contribution in [3.8, 4) is 0 Å². The fourth-order valence-corrected chi connectivity index (χ4v) is 3.58. The van der Waals surface area contributed by atoms with Gasteiger partial charge in [0.1, 0.15) is 5.82 Å². The van der Waals surface area contributed by atoms with Gasteiger partial charge in [-0.25, -0.2) is 4.39 Å². The lowest BCUT2D eigenvalue weighted by Gasteiger charge is -2.37. The number of ether oxygens (including phenoxy) is 1. The highest BCUT2D eigenvalue weighted by atomic mass is 127. The first kappa shape index (κ1) is 21.7. The topological polar surface area (TPSA) is 54.1 Å². The second kappa shape index (κ2) is 9.52. The molecule has 26 heavy (non-hydrogen) atoms. The normalized spacial score (nSPS) is 22.6. The summed E-state index contributed by atoms with van der Waals surface area (Å²) in [5, 5.41) is 0.425. The van der Waals surface area contributed by atoms with Crippen molar-refractivity contribution < 1.29 is 9.13 Å². The zero-order valence-corrected chi connectivity index (χ0v) is 18.3. The van der Waals surface area contributed by atoms with Gasteiger partial charge in [0.05, 0.1) is 25.3 Å². The highest BCUT2D eigenvalue weighted by Gasteiger charge is 2.30. The lowest BCUT2D eigenvalue weighted by Crippen LogP contribution is -2.45. The molecule has 5 nitrogen and oxygen atoms in total. The molecule has 0 amide bonds. The number of benzene rings is 1.